The van der Waals surface area contributed by atoms with E-state index in [4.69, 9.17) is 15.6 Å². The fraction of sp³-hybridized carbons (Fsp3) is 0.385. The molecular weight excluding hydrogens is 404 g/mol. The summed E-state index contributed by atoms with van der Waals surface area (Å²) in [6.07, 6.45) is 5.95. The highest BCUT2D eigenvalue weighted by Gasteiger charge is 2.32. The van der Waals surface area contributed by atoms with E-state index in [1.54, 1.807) is 6.07 Å². The maximum absolute atomic E-state index is 12.5. The summed E-state index contributed by atoms with van der Waals surface area (Å²) >= 11 is 0. The van der Waals surface area contributed by atoms with Crippen LogP contribution in [0.15, 0.2) is 42.5 Å². The highest BCUT2D eigenvalue weighted by atomic mass is 16.5. The van der Waals surface area contributed by atoms with Gasteiger partial charge in [0.25, 0.3) is 0 Å². The predicted octanol–water partition coefficient (Wildman–Crippen LogP) is 4.33. The Labute approximate surface area is 187 Å². The molecule has 2 aliphatic rings. The number of carboxylic acid groups (broad SMARTS) is 1. The molecule has 1 amide bonds. The zero-order valence-electron chi connectivity index (χ0n) is 18.0. The van der Waals surface area contributed by atoms with Crippen LogP contribution in [-0.2, 0) is 22.6 Å². The zero-order chi connectivity index (χ0) is 22.2. The number of carboxylic acids is 1. The van der Waals surface area contributed by atoms with Crippen LogP contribution in [0.25, 0.3) is 10.9 Å². The smallest absolute Gasteiger partial charge is 0.341 e. The van der Waals surface area contributed by atoms with E-state index in [1.807, 2.05) is 12.1 Å². The highest BCUT2D eigenvalue weighted by molar-refractivity contribution is 5.97. The lowest BCUT2D eigenvalue weighted by Crippen LogP contribution is -2.21. The quantitative estimate of drug-likeness (QED) is 0.544. The molecule has 0 radical (unpaired) electrons. The van der Waals surface area contributed by atoms with Crippen molar-refractivity contribution in [1.29, 1.82) is 0 Å². The van der Waals surface area contributed by atoms with Crippen molar-refractivity contribution in [2.24, 2.45) is 5.73 Å². The number of hydrogen-bond donors (Lipinski definition) is 2. The van der Waals surface area contributed by atoms with Gasteiger partial charge in [-0.05, 0) is 66.8 Å². The molecule has 1 saturated carbocycles. The predicted molar refractivity (Wildman–Crippen MR) is 122 cm³/mol. The van der Waals surface area contributed by atoms with Crippen molar-refractivity contribution in [1.82, 2.24) is 4.57 Å². The monoisotopic (exact) mass is 432 g/mol. The number of rotatable bonds is 7. The fourth-order valence-corrected chi connectivity index (χ4v) is 5.25. The average Bonchev–Trinajstić information content (AvgIpc) is 3.60. The summed E-state index contributed by atoms with van der Waals surface area (Å²) in [6.45, 7) is 0.289. The Morgan fingerprint density at radius 1 is 1.06 bits per heavy atom. The minimum atomic E-state index is -1.03. The molecule has 2 aliphatic carbocycles. The third kappa shape index (κ3) is 3.74. The Kier molecular flexibility index (Phi) is 5.37. The first-order valence-corrected chi connectivity index (χ1v) is 11.4. The maximum atomic E-state index is 12.5. The number of primary amides is 1. The molecule has 1 atom stereocenters. The number of fused-ring (bicyclic) bond motifs is 3. The number of nitrogens with zero attached hydrogens (tertiary/aromatic N) is 1. The van der Waals surface area contributed by atoms with Crippen LogP contribution in [0.4, 0.5) is 0 Å². The SMILES string of the molecule is NC(=O)C1CCCCc2c1c1c(OCC(=O)O)cccc1n2Cc1ccccc1C1CC1. The molecule has 0 bridgehead atoms. The maximum Gasteiger partial charge on any atom is 0.341 e. The van der Waals surface area contributed by atoms with E-state index >= 15 is 0 Å². The Balaban J connectivity index is 1.71. The van der Waals surface area contributed by atoms with E-state index < -0.39 is 18.5 Å². The summed E-state index contributed by atoms with van der Waals surface area (Å²) in [5, 5.41) is 9.99. The molecule has 1 heterocycles. The molecule has 3 aromatic rings. The Bertz CT molecular complexity index is 1190. The van der Waals surface area contributed by atoms with E-state index in [9.17, 15) is 9.59 Å². The first-order chi connectivity index (χ1) is 15.5. The molecule has 2 aromatic carbocycles. The second-order valence-electron chi connectivity index (χ2n) is 8.95. The van der Waals surface area contributed by atoms with Gasteiger partial charge in [0.2, 0.25) is 5.91 Å². The fourth-order valence-electron chi connectivity index (χ4n) is 5.25. The van der Waals surface area contributed by atoms with Crippen molar-refractivity contribution in [3.05, 3.63) is 64.8 Å². The molecule has 6 nitrogen and oxygen atoms in total. The van der Waals surface area contributed by atoms with Gasteiger partial charge in [0.1, 0.15) is 5.75 Å². The molecule has 0 aliphatic heterocycles. The van der Waals surface area contributed by atoms with Crippen molar-refractivity contribution in [3.8, 4) is 5.75 Å². The van der Waals surface area contributed by atoms with Gasteiger partial charge in [0, 0.05) is 17.6 Å². The normalized spacial score (nSPS) is 18.2. The van der Waals surface area contributed by atoms with Crippen LogP contribution < -0.4 is 10.5 Å². The minimum Gasteiger partial charge on any atom is -0.481 e. The molecule has 6 heteroatoms. The largest absolute Gasteiger partial charge is 0.481 e. The molecule has 5 rings (SSSR count). The van der Waals surface area contributed by atoms with Crippen LogP contribution in [-0.4, -0.2) is 28.2 Å². The van der Waals surface area contributed by atoms with Gasteiger partial charge >= 0.3 is 5.97 Å². The number of aromatic nitrogens is 1. The molecule has 1 fully saturated rings. The lowest BCUT2D eigenvalue weighted by atomic mass is 9.92. The number of hydrogen-bond acceptors (Lipinski definition) is 3. The number of amides is 1. The summed E-state index contributed by atoms with van der Waals surface area (Å²) in [6, 6.07) is 14.3. The van der Waals surface area contributed by atoms with Crippen molar-refractivity contribution in [2.45, 2.75) is 56.9 Å². The second-order valence-corrected chi connectivity index (χ2v) is 8.95. The number of aliphatic carboxylic acids is 1. The Morgan fingerprint density at radius 3 is 2.62 bits per heavy atom. The Morgan fingerprint density at radius 2 is 1.88 bits per heavy atom. The van der Waals surface area contributed by atoms with E-state index in [2.05, 4.69) is 28.8 Å². The molecule has 0 saturated heterocycles. The number of carbonyl (C=O) groups is 2. The minimum absolute atomic E-state index is 0.335. The highest BCUT2D eigenvalue weighted by Crippen LogP contribution is 2.44. The van der Waals surface area contributed by atoms with Crippen molar-refractivity contribution in [2.75, 3.05) is 6.61 Å². The number of ether oxygens (including phenoxy) is 1. The summed E-state index contributed by atoms with van der Waals surface area (Å²) in [7, 11) is 0. The van der Waals surface area contributed by atoms with Crippen LogP contribution >= 0.6 is 0 Å². The van der Waals surface area contributed by atoms with Gasteiger partial charge in [-0.2, -0.15) is 0 Å². The topological polar surface area (TPSA) is 94.6 Å². The molecule has 1 aromatic heterocycles. The van der Waals surface area contributed by atoms with Gasteiger partial charge in [0.15, 0.2) is 6.61 Å². The van der Waals surface area contributed by atoms with Gasteiger partial charge in [-0.25, -0.2) is 4.79 Å². The molecule has 0 spiro atoms. The van der Waals surface area contributed by atoms with Crippen molar-refractivity contribution in [3.63, 3.8) is 0 Å². The zero-order valence-corrected chi connectivity index (χ0v) is 18.0. The second kappa shape index (κ2) is 8.34. The van der Waals surface area contributed by atoms with Crippen LogP contribution in [0.3, 0.4) is 0 Å². The van der Waals surface area contributed by atoms with Gasteiger partial charge in [-0.1, -0.05) is 36.8 Å². The van der Waals surface area contributed by atoms with Crippen LogP contribution in [0.1, 0.15) is 66.3 Å². The van der Waals surface area contributed by atoms with Gasteiger partial charge in [-0.15, -0.1) is 0 Å². The lowest BCUT2D eigenvalue weighted by molar-refractivity contribution is -0.139. The summed E-state index contributed by atoms with van der Waals surface area (Å²) in [5.74, 6) is -0.622. The first-order valence-electron chi connectivity index (χ1n) is 11.4. The van der Waals surface area contributed by atoms with Crippen LogP contribution in [0, 0.1) is 0 Å². The van der Waals surface area contributed by atoms with E-state index in [1.165, 1.54) is 24.0 Å². The summed E-state index contributed by atoms with van der Waals surface area (Å²) in [4.78, 5) is 23.7. The third-order valence-corrected chi connectivity index (χ3v) is 6.80. The summed E-state index contributed by atoms with van der Waals surface area (Å²) < 4.78 is 7.99. The van der Waals surface area contributed by atoms with Crippen LogP contribution in [0.2, 0.25) is 0 Å². The molecule has 3 N–H and O–H groups in total. The van der Waals surface area contributed by atoms with Crippen LogP contribution in [0.5, 0.6) is 5.75 Å². The standard InChI is InChI=1S/C26H28N2O4/c27-26(31)19-8-3-4-9-20-24(19)25-21(10-5-11-22(25)32-15-23(29)30)28(20)14-17-6-1-2-7-18(17)16-12-13-16/h1-2,5-7,10-11,16,19H,3-4,8-9,12-15H2,(H2,27,31)(H,29,30). The van der Waals surface area contributed by atoms with Gasteiger partial charge in [-0.3, -0.25) is 4.79 Å². The Hall–Kier alpha value is -3.28. The average molecular weight is 433 g/mol. The lowest BCUT2D eigenvalue weighted by Gasteiger charge is -2.15. The third-order valence-electron chi connectivity index (χ3n) is 6.80. The van der Waals surface area contributed by atoms with Gasteiger partial charge < -0.3 is 20.1 Å². The number of nitrogens with two attached hydrogens (primary N) is 1. The van der Waals surface area contributed by atoms with Gasteiger partial charge in [0.05, 0.1) is 11.4 Å². The summed E-state index contributed by atoms with van der Waals surface area (Å²) in [5.41, 5.74) is 11.6. The van der Waals surface area contributed by atoms with E-state index in [0.29, 0.717) is 24.6 Å². The number of benzene rings is 2. The van der Waals surface area contributed by atoms with Crippen molar-refractivity contribution >= 4 is 22.8 Å². The molecule has 1 unspecified atom stereocenters. The van der Waals surface area contributed by atoms with Crippen molar-refractivity contribution < 1.29 is 19.4 Å². The molecule has 32 heavy (non-hydrogen) atoms. The van der Waals surface area contributed by atoms with E-state index in [0.717, 1.165) is 41.4 Å². The van der Waals surface area contributed by atoms with E-state index in [-0.39, 0.29) is 5.91 Å². The molecular formula is C26H28N2O4. The number of carbonyl (C=O) groups excluding carboxylic acids is 1. The first kappa shape index (κ1) is 20.6. The molecule has 166 valence electrons.